The maximum absolute atomic E-state index is 12.4. The Morgan fingerprint density at radius 3 is 2.84 bits per heavy atom. The van der Waals surface area contributed by atoms with Crippen molar-refractivity contribution < 1.29 is 18.7 Å². The van der Waals surface area contributed by atoms with Crippen LogP contribution in [0.2, 0.25) is 0 Å². The number of rotatable bonds is 6. The van der Waals surface area contributed by atoms with Crippen LogP contribution < -0.4 is 14.8 Å². The van der Waals surface area contributed by atoms with E-state index in [1.54, 1.807) is 11.3 Å². The first-order chi connectivity index (χ1) is 15.1. The lowest BCUT2D eigenvalue weighted by atomic mass is 9.94. The number of aryl methyl sites for hydroxylation is 1. The molecule has 162 valence electrons. The van der Waals surface area contributed by atoms with E-state index in [0.29, 0.717) is 29.0 Å². The minimum absolute atomic E-state index is 0.161. The number of carbonyl (C=O) groups excluding carboxylic acids is 1. The van der Waals surface area contributed by atoms with Crippen molar-refractivity contribution in [3.8, 4) is 11.5 Å². The molecule has 0 bridgehead atoms. The van der Waals surface area contributed by atoms with Gasteiger partial charge in [0.1, 0.15) is 0 Å². The van der Waals surface area contributed by atoms with E-state index in [-0.39, 0.29) is 11.7 Å². The second-order valence-electron chi connectivity index (χ2n) is 7.67. The molecule has 2 aliphatic rings. The Morgan fingerprint density at radius 1 is 1.19 bits per heavy atom. The van der Waals surface area contributed by atoms with E-state index in [2.05, 4.69) is 20.5 Å². The van der Waals surface area contributed by atoms with Crippen LogP contribution in [-0.2, 0) is 11.2 Å². The summed E-state index contributed by atoms with van der Waals surface area (Å²) in [5, 5.41) is 14.3. The topological polar surface area (TPSA) is 99.4 Å². The summed E-state index contributed by atoms with van der Waals surface area (Å²) in [6, 6.07) is 5.50. The van der Waals surface area contributed by atoms with Crippen molar-refractivity contribution in [3.63, 3.8) is 0 Å². The van der Waals surface area contributed by atoms with Gasteiger partial charge in [0, 0.05) is 30.0 Å². The van der Waals surface area contributed by atoms with Gasteiger partial charge in [-0.15, -0.1) is 21.5 Å². The molecule has 1 spiro atoms. The van der Waals surface area contributed by atoms with E-state index in [1.807, 2.05) is 30.5 Å². The fourth-order valence-corrected chi connectivity index (χ4v) is 5.00. The molecule has 1 amide bonds. The highest BCUT2D eigenvalue weighted by Gasteiger charge is 2.42. The Kier molecular flexibility index (Phi) is 5.58. The Bertz CT molecular complexity index is 1090. The lowest BCUT2D eigenvalue weighted by molar-refractivity contribution is -0.113. The molecule has 1 fully saturated rings. The number of ether oxygens (including phenoxy) is 2. The van der Waals surface area contributed by atoms with Crippen LogP contribution in [-0.4, -0.2) is 32.6 Å². The van der Waals surface area contributed by atoms with Gasteiger partial charge in [0.15, 0.2) is 11.5 Å². The Morgan fingerprint density at radius 2 is 2.03 bits per heavy atom. The van der Waals surface area contributed by atoms with Crippen LogP contribution in [0.4, 0.5) is 5.69 Å². The van der Waals surface area contributed by atoms with E-state index in [4.69, 9.17) is 13.9 Å². The summed E-state index contributed by atoms with van der Waals surface area (Å²) in [4.78, 5) is 16.8. The molecular weight excluding hydrogens is 436 g/mol. The highest BCUT2D eigenvalue weighted by molar-refractivity contribution is 7.99. The Balaban J connectivity index is 1.14. The molecule has 1 aromatic carbocycles. The van der Waals surface area contributed by atoms with Crippen LogP contribution in [0.25, 0.3) is 0 Å². The third kappa shape index (κ3) is 4.69. The monoisotopic (exact) mass is 458 g/mol. The van der Waals surface area contributed by atoms with Gasteiger partial charge < -0.3 is 19.2 Å². The van der Waals surface area contributed by atoms with Gasteiger partial charge in [-0.05, 0) is 31.9 Å². The maximum atomic E-state index is 12.4. The summed E-state index contributed by atoms with van der Waals surface area (Å²) in [6.45, 7) is 1.95. The minimum atomic E-state index is -0.522. The van der Waals surface area contributed by atoms with Gasteiger partial charge in [-0.3, -0.25) is 4.79 Å². The van der Waals surface area contributed by atoms with Gasteiger partial charge in [0.05, 0.1) is 22.9 Å². The van der Waals surface area contributed by atoms with Crippen molar-refractivity contribution in [2.75, 3.05) is 11.1 Å². The number of benzene rings is 1. The van der Waals surface area contributed by atoms with Crippen molar-refractivity contribution in [2.24, 2.45) is 0 Å². The third-order valence-electron chi connectivity index (χ3n) is 5.21. The summed E-state index contributed by atoms with van der Waals surface area (Å²) < 4.78 is 17.8. The molecule has 3 heterocycles. The van der Waals surface area contributed by atoms with E-state index >= 15 is 0 Å². The molecule has 1 saturated carbocycles. The number of anilines is 1. The predicted octanol–water partition coefficient (Wildman–Crippen LogP) is 4.59. The zero-order valence-electron chi connectivity index (χ0n) is 17.1. The van der Waals surface area contributed by atoms with Crippen LogP contribution in [0.15, 0.2) is 33.2 Å². The first kappa shape index (κ1) is 20.3. The molecule has 1 aliphatic heterocycles. The number of fused-ring (bicyclic) bond motifs is 1. The number of hydrogen-bond donors (Lipinski definition) is 1. The quantitative estimate of drug-likeness (QED) is 0.536. The first-order valence-corrected chi connectivity index (χ1v) is 12.1. The SMILES string of the molecule is Cc1nc(Cc2nnc(SCC(=O)Nc3ccc4c(c3)OC3(CCCCC3)O4)o2)cs1. The molecule has 10 heteroatoms. The largest absolute Gasteiger partial charge is 0.448 e. The molecule has 8 nitrogen and oxygen atoms in total. The molecule has 0 saturated heterocycles. The van der Waals surface area contributed by atoms with Gasteiger partial charge in [-0.2, -0.15) is 0 Å². The van der Waals surface area contributed by atoms with E-state index in [0.717, 1.165) is 42.1 Å². The maximum Gasteiger partial charge on any atom is 0.277 e. The average molecular weight is 459 g/mol. The molecule has 31 heavy (non-hydrogen) atoms. The van der Waals surface area contributed by atoms with Gasteiger partial charge in [-0.1, -0.05) is 18.2 Å². The molecule has 0 atom stereocenters. The normalized spacial score (nSPS) is 16.5. The second kappa shape index (κ2) is 8.51. The van der Waals surface area contributed by atoms with E-state index in [1.165, 1.54) is 18.2 Å². The molecule has 1 N–H and O–H groups in total. The fourth-order valence-electron chi connectivity index (χ4n) is 3.80. The van der Waals surface area contributed by atoms with Crippen molar-refractivity contribution in [1.29, 1.82) is 0 Å². The molecular formula is C21H22N4O4S2. The first-order valence-electron chi connectivity index (χ1n) is 10.3. The number of nitrogens with one attached hydrogen (secondary N) is 1. The van der Waals surface area contributed by atoms with Crippen LogP contribution >= 0.6 is 23.1 Å². The molecule has 3 aromatic rings. The number of thiazole rings is 1. The lowest BCUT2D eigenvalue weighted by Crippen LogP contribution is -2.40. The van der Waals surface area contributed by atoms with Crippen molar-refractivity contribution in [1.82, 2.24) is 15.2 Å². The zero-order chi connectivity index (χ0) is 21.3. The number of nitrogens with zero attached hydrogens (tertiary/aromatic N) is 3. The van der Waals surface area contributed by atoms with E-state index in [9.17, 15) is 4.79 Å². The smallest absolute Gasteiger partial charge is 0.277 e. The van der Waals surface area contributed by atoms with Gasteiger partial charge in [0.25, 0.3) is 11.0 Å². The fraction of sp³-hybridized carbons (Fsp3) is 0.429. The second-order valence-corrected chi connectivity index (χ2v) is 9.66. The highest BCUT2D eigenvalue weighted by atomic mass is 32.2. The average Bonchev–Trinajstić information content (AvgIpc) is 3.46. The number of carbonyl (C=O) groups is 1. The molecule has 2 aromatic heterocycles. The highest BCUT2D eigenvalue weighted by Crippen LogP contribution is 2.46. The standard InChI is InChI=1S/C21H22N4O4S2/c1-13-22-15(11-30-13)10-19-24-25-20(27-19)31-12-18(26)23-14-5-6-16-17(9-14)29-21(28-16)7-3-2-4-8-21/h5-6,9,11H,2-4,7-8,10,12H2,1H3,(H,23,26). The summed E-state index contributed by atoms with van der Waals surface area (Å²) in [7, 11) is 0. The van der Waals surface area contributed by atoms with Crippen LogP contribution in [0.3, 0.4) is 0 Å². The molecule has 0 unspecified atom stereocenters. The van der Waals surface area contributed by atoms with Crippen LogP contribution in [0.5, 0.6) is 11.5 Å². The van der Waals surface area contributed by atoms with Crippen molar-refractivity contribution in [2.45, 2.75) is 56.5 Å². The van der Waals surface area contributed by atoms with Gasteiger partial charge >= 0.3 is 0 Å². The predicted molar refractivity (Wildman–Crippen MR) is 117 cm³/mol. The Hall–Kier alpha value is -2.59. The number of thioether (sulfide) groups is 1. The summed E-state index contributed by atoms with van der Waals surface area (Å²) >= 11 is 2.78. The Labute approximate surface area is 187 Å². The molecule has 0 radical (unpaired) electrons. The summed E-state index contributed by atoms with van der Waals surface area (Å²) in [5.41, 5.74) is 1.57. The zero-order valence-corrected chi connectivity index (χ0v) is 18.7. The summed E-state index contributed by atoms with van der Waals surface area (Å²) in [6.07, 6.45) is 5.71. The lowest BCUT2D eigenvalue weighted by Gasteiger charge is -2.31. The van der Waals surface area contributed by atoms with Gasteiger partial charge in [0.2, 0.25) is 11.8 Å². The third-order valence-corrected chi connectivity index (χ3v) is 6.85. The van der Waals surface area contributed by atoms with Crippen molar-refractivity contribution in [3.05, 3.63) is 40.2 Å². The molecule has 5 rings (SSSR count). The molecule has 1 aliphatic carbocycles. The minimum Gasteiger partial charge on any atom is -0.448 e. The van der Waals surface area contributed by atoms with E-state index < -0.39 is 5.79 Å². The van der Waals surface area contributed by atoms with Crippen molar-refractivity contribution >= 4 is 34.7 Å². The number of aromatic nitrogens is 3. The van der Waals surface area contributed by atoms with Crippen LogP contribution in [0, 0.1) is 6.92 Å². The number of hydrogen-bond acceptors (Lipinski definition) is 9. The number of amides is 1. The summed E-state index contributed by atoms with van der Waals surface area (Å²) in [5.74, 6) is 1.39. The van der Waals surface area contributed by atoms with Gasteiger partial charge in [-0.25, -0.2) is 4.98 Å². The van der Waals surface area contributed by atoms with Crippen LogP contribution in [0.1, 0.15) is 48.7 Å².